The van der Waals surface area contributed by atoms with Crippen molar-refractivity contribution < 1.29 is 19.1 Å². The van der Waals surface area contributed by atoms with Crippen molar-refractivity contribution in [2.45, 2.75) is 50.4 Å². The van der Waals surface area contributed by atoms with Gasteiger partial charge in [-0.1, -0.05) is 6.07 Å². The highest BCUT2D eigenvalue weighted by Gasteiger charge is 2.62. The predicted molar refractivity (Wildman–Crippen MR) is 104 cm³/mol. The predicted octanol–water partition coefficient (Wildman–Crippen LogP) is 1.35. The molecule has 5 atom stereocenters. The second kappa shape index (κ2) is 7.04. The largest absolute Gasteiger partial charge is 0.399 e. The molecule has 0 spiro atoms. The topological polar surface area (TPSA) is 102 Å². The van der Waals surface area contributed by atoms with Crippen LogP contribution in [0.25, 0.3) is 0 Å². The summed E-state index contributed by atoms with van der Waals surface area (Å²) in [6.45, 7) is -0.203. The van der Waals surface area contributed by atoms with Gasteiger partial charge in [0.2, 0.25) is 17.7 Å². The molecule has 5 unspecified atom stereocenters. The number of ether oxygens (including phenoxy) is 1. The molecule has 150 valence electrons. The van der Waals surface area contributed by atoms with Crippen molar-refractivity contribution in [3.63, 3.8) is 0 Å². The van der Waals surface area contributed by atoms with Gasteiger partial charge in [-0.05, 0) is 55.4 Å². The Balaban J connectivity index is 0.00000192. The second-order valence-electron chi connectivity index (χ2n) is 8.08. The van der Waals surface area contributed by atoms with E-state index in [1.807, 2.05) is 18.2 Å². The van der Waals surface area contributed by atoms with Crippen LogP contribution < -0.4 is 11.1 Å². The van der Waals surface area contributed by atoms with E-state index >= 15 is 0 Å². The fraction of sp³-hybridized carbons (Fsp3) is 0.550. The summed E-state index contributed by atoms with van der Waals surface area (Å²) in [5.41, 5.74) is 8.81. The third-order valence-electron chi connectivity index (χ3n) is 6.49. The minimum atomic E-state index is -0.387. The summed E-state index contributed by atoms with van der Waals surface area (Å²) in [6.07, 6.45) is 4.10. The first-order valence-electron chi connectivity index (χ1n) is 9.71. The number of nitrogens with zero attached hydrogens (tertiary/aromatic N) is 1. The van der Waals surface area contributed by atoms with Gasteiger partial charge in [-0.2, -0.15) is 0 Å². The van der Waals surface area contributed by atoms with Gasteiger partial charge >= 0.3 is 0 Å². The summed E-state index contributed by atoms with van der Waals surface area (Å²) in [5.74, 6) is -1.56. The molecule has 28 heavy (non-hydrogen) atoms. The second-order valence-corrected chi connectivity index (χ2v) is 8.08. The quantitative estimate of drug-likeness (QED) is 0.583. The average Bonchev–Trinajstić information content (AvgIpc) is 3.32. The highest BCUT2D eigenvalue weighted by Crippen LogP contribution is 2.48. The third-order valence-corrected chi connectivity index (χ3v) is 6.49. The van der Waals surface area contributed by atoms with Crippen molar-refractivity contribution in [3.05, 3.63) is 29.3 Å². The summed E-state index contributed by atoms with van der Waals surface area (Å²) in [4.78, 5) is 39.1. The number of likely N-dealkylation sites (tertiary alicyclic amines) is 1. The Morgan fingerprint density at radius 2 is 1.82 bits per heavy atom. The van der Waals surface area contributed by atoms with Crippen LogP contribution in [0.1, 0.15) is 42.9 Å². The molecule has 0 radical (unpaired) electrons. The van der Waals surface area contributed by atoms with Gasteiger partial charge in [0.05, 0.1) is 30.1 Å². The number of halogens is 1. The normalized spacial score (nSPS) is 32.7. The van der Waals surface area contributed by atoms with Crippen LogP contribution >= 0.6 is 12.4 Å². The number of hydrogen-bond acceptors (Lipinski definition) is 5. The molecule has 3 heterocycles. The van der Waals surface area contributed by atoms with Crippen molar-refractivity contribution in [2.24, 2.45) is 11.8 Å². The lowest BCUT2D eigenvalue weighted by Gasteiger charge is -2.27. The number of benzene rings is 1. The van der Waals surface area contributed by atoms with Gasteiger partial charge < -0.3 is 15.8 Å². The zero-order valence-electron chi connectivity index (χ0n) is 15.4. The zero-order chi connectivity index (χ0) is 18.7. The van der Waals surface area contributed by atoms with Gasteiger partial charge in [0, 0.05) is 5.69 Å². The molecule has 0 aromatic heterocycles. The van der Waals surface area contributed by atoms with Crippen LogP contribution in [0, 0.1) is 11.8 Å². The third kappa shape index (κ3) is 2.88. The molecule has 3 fully saturated rings. The summed E-state index contributed by atoms with van der Waals surface area (Å²) in [6, 6.07) is 5.65. The van der Waals surface area contributed by atoms with Gasteiger partial charge in [0.15, 0.2) is 0 Å². The van der Waals surface area contributed by atoms with Crippen molar-refractivity contribution in [3.8, 4) is 0 Å². The Kier molecular flexibility index (Phi) is 4.83. The number of carbonyl (C=O) groups excluding carboxylic acids is 3. The maximum Gasteiger partial charge on any atom is 0.240 e. The number of amides is 3. The van der Waals surface area contributed by atoms with Crippen molar-refractivity contribution in [1.29, 1.82) is 0 Å². The first-order valence-corrected chi connectivity index (χ1v) is 9.71. The van der Waals surface area contributed by atoms with E-state index in [4.69, 9.17) is 10.5 Å². The Hall–Kier alpha value is -2.12. The van der Waals surface area contributed by atoms with Crippen LogP contribution in [0.2, 0.25) is 0 Å². The number of rotatable bonds is 3. The van der Waals surface area contributed by atoms with E-state index < -0.39 is 0 Å². The van der Waals surface area contributed by atoms with E-state index in [1.165, 1.54) is 0 Å². The maximum atomic E-state index is 12.7. The maximum absolute atomic E-state index is 12.7. The molecule has 0 saturated carbocycles. The van der Waals surface area contributed by atoms with E-state index in [-0.39, 0.29) is 66.8 Å². The molecule has 7 nitrogen and oxygen atoms in total. The minimum Gasteiger partial charge on any atom is -0.399 e. The van der Waals surface area contributed by atoms with Crippen LogP contribution in [0.15, 0.2) is 18.2 Å². The van der Waals surface area contributed by atoms with Crippen LogP contribution in [0.5, 0.6) is 0 Å². The number of hydrogen-bond donors (Lipinski definition) is 2. The SMILES string of the molecule is Cl.Nc1ccc2c(c1)CCCC2NC(=O)CN1C(=O)C2C3CCC(O3)C2C1=O. The van der Waals surface area contributed by atoms with Gasteiger partial charge in [-0.25, -0.2) is 0 Å². The minimum absolute atomic E-state index is 0. The fourth-order valence-corrected chi connectivity index (χ4v) is 5.30. The molecule has 8 heteroatoms. The summed E-state index contributed by atoms with van der Waals surface area (Å²) in [7, 11) is 0. The molecular weight excluding hydrogens is 382 g/mol. The molecule has 5 rings (SSSR count). The average molecular weight is 406 g/mol. The monoisotopic (exact) mass is 405 g/mol. The molecule has 1 aromatic rings. The molecule has 3 saturated heterocycles. The molecule has 2 bridgehead atoms. The lowest BCUT2D eigenvalue weighted by molar-refractivity contribution is -0.146. The van der Waals surface area contributed by atoms with E-state index in [0.29, 0.717) is 0 Å². The van der Waals surface area contributed by atoms with E-state index in [0.717, 1.165) is 53.8 Å². The lowest BCUT2D eigenvalue weighted by atomic mass is 9.81. The van der Waals surface area contributed by atoms with Gasteiger partial charge in [-0.3, -0.25) is 19.3 Å². The van der Waals surface area contributed by atoms with Crippen molar-refractivity contribution in [1.82, 2.24) is 10.2 Å². The molecule has 3 aliphatic heterocycles. The first kappa shape index (κ1) is 19.2. The highest BCUT2D eigenvalue weighted by atomic mass is 35.5. The number of fused-ring (bicyclic) bond motifs is 6. The smallest absolute Gasteiger partial charge is 0.240 e. The standard InChI is InChI=1S/C20H23N3O4.ClH/c21-11-4-5-12-10(8-11)2-1-3-13(12)22-16(24)9-23-19(25)17-14-6-7-15(27-14)18(17)20(23)26;/h4-5,8,13-15,17-18H,1-3,6-7,9,21H2,(H,22,24);1H. The van der Waals surface area contributed by atoms with Gasteiger partial charge in [-0.15, -0.1) is 12.4 Å². The number of imide groups is 1. The Morgan fingerprint density at radius 1 is 1.14 bits per heavy atom. The molecular formula is C20H24ClN3O4. The summed E-state index contributed by atoms with van der Waals surface area (Å²) in [5, 5.41) is 3.01. The molecule has 3 N–H and O–H groups in total. The van der Waals surface area contributed by atoms with Crippen LogP contribution in [-0.4, -0.2) is 41.4 Å². The number of nitrogens with one attached hydrogen (secondary N) is 1. The van der Waals surface area contributed by atoms with Crippen LogP contribution in [-0.2, 0) is 25.5 Å². The van der Waals surface area contributed by atoms with Crippen molar-refractivity contribution >= 4 is 35.8 Å². The molecule has 3 amide bonds. The fourth-order valence-electron chi connectivity index (χ4n) is 5.30. The Labute approximate surface area is 169 Å². The van der Waals surface area contributed by atoms with E-state index in [1.54, 1.807) is 0 Å². The first-order chi connectivity index (χ1) is 13.0. The lowest BCUT2D eigenvalue weighted by Crippen LogP contribution is -2.43. The van der Waals surface area contributed by atoms with E-state index in [9.17, 15) is 14.4 Å². The number of anilines is 1. The van der Waals surface area contributed by atoms with Gasteiger partial charge in [0.1, 0.15) is 6.54 Å². The van der Waals surface area contributed by atoms with Crippen molar-refractivity contribution in [2.75, 3.05) is 12.3 Å². The zero-order valence-corrected chi connectivity index (χ0v) is 16.2. The Morgan fingerprint density at radius 3 is 2.50 bits per heavy atom. The van der Waals surface area contributed by atoms with Crippen LogP contribution in [0.4, 0.5) is 5.69 Å². The number of nitrogens with two attached hydrogens (primary N) is 1. The van der Waals surface area contributed by atoms with Crippen LogP contribution in [0.3, 0.4) is 0 Å². The number of carbonyl (C=O) groups is 3. The van der Waals surface area contributed by atoms with Gasteiger partial charge in [0.25, 0.3) is 0 Å². The molecule has 4 aliphatic rings. The number of nitrogen functional groups attached to an aromatic ring is 1. The number of aryl methyl sites for hydroxylation is 1. The summed E-state index contributed by atoms with van der Waals surface area (Å²) < 4.78 is 5.72. The van der Waals surface area contributed by atoms with E-state index in [2.05, 4.69) is 5.32 Å². The molecule has 1 aromatic carbocycles. The molecule has 1 aliphatic carbocycles. The highest BCUT2D eigenvalue weighted by molar-refractivity contribution is 6.08. The Bertz CT molecular complexity index is 817. The summed E-state index contributed by atoms with van der Waals surface area (Å²) >= 11 is 0.